The molecule has 0 spiro atoms. The van der Waals surface area contributed by atoms with Gasteiger partial charge in [0.25, 0.3) is 0 Å². The van der Waals surface area contributed by atoms with E-state index in [-0.39, 0.29) is 0 Å². The van der Waals surface area contributed by atoms with Crippen LogP contribution >= 0.6 is 23.2 Å². The van der Waals surface area contributed by atoms with E-state index in [0.717, 1.165) is 37.9 Å². The van der Waals surface area contributed by atoms with Crippen LogP contribution in [-0.2, 0) is 0 Å². The highest BCUT2D eigenvalue weighted by Crippen LogP contribution is 2.37. The van der Waals surface area contributed by atoms with E-state index in [0.29, 0.717) is 15.7 Å². The van der Waals surface area contributed by atoms with Crippen LogP contribution in [0.25, 0.3) is 0 Å². The third-order valence-corrected chi connectivity index (χ3v) is 4.31. The molecule has 1 aromatic carbocycles. The molecule has 0 amide bonds. The molecule has 0 bridgehead atoms. The Bertz CT molecular complexity index is 429. The van der Waals surface area contributed by atoms with E-state index in [9.17, 15) is 0 Å². The van der Waals surface area contributed by atoms with Crippen molar-refractivity contribution >= 4 is 34.6 Å². The van der Waals surface area contributed by atoms with Crippen molar-refractivity contribution in [1.29, 1.82) is 0 Å². The molecule has 0 unspecified atom stereocenters. The molecule has 3 rings (SSSR count). The van der Waals surface area contributed by atoms with Crippen molar-refractivity contribution in [2.75, 3.05) is 36.8 Å². The Morgan fingerprint density at radius 3 is 2.06 bits per heavy atom. The highest BCUT2D eigenvalue weighted by molar-refractivity contribution is 6.39. The Morgan fingerprint density at radius 2 is 1.56 bits per heavy atom. The average molecular weight is 286 g/mol. The molecule has 2 aliphatic rings. The summed E-state index contributed by atoms with van der Waals surface area (Å²) in [6, 6.07) is 4.39. The van der Waals surface area contributed by atoms with Crippen molar-refractivity contribution in [3.8, 4) is 0 Å². The van der Waals surface area contributed by atoms with Crippen LogP contribution in [-0.4, -0.2) is 37.1 Å². The van der Waals surface area contributed by atoms with Crippen molar-refractivity contribution in [1.82, 2.24) is 4.90 Å². The number of rotatable bonds is 2. The third-order valence-electron chi connectivity index (χ3n) is 3.73. The van der Waals surface area contributed by atoms with Crippen LogP contribution in [0, 0.1) is 0 Å². The monoisotopic (exact) mass is 285 g/mol. The lowest BCUT2D eigenvalue weighted by Crippen LogP contribution is -2.47. The molecule has 5 heteroatoms. The molecule has 18 heavy (non-hydrogen) atoms. The summed E-state index contributed by atoms with van der Waals surface area (Å²) in [6.45, 7) is 4.17. The Labute approximate surface area is 117 Å². The van der Waals surface area contributed by atoms with Crippen molar-refractivity contribution in [3.63, 3.8) is 0 Å². The molecular weight excluding hydrogens is 269 g/mol. The van der Waals surface area contributed by atoms with E-state index in [1.54, 1.807) is 12.1 Å². The maximum absolute atomic E-state index is 6.26. The van der Waals surface area contributed by atoms with Gasteiger partial charge in [-0.3, -0.25) is 4.90 Å². The summed E-state index contributed by atoms with van der Waals surface area (Å²) in [4.78, 5) is 4.83. The summed E-state index contributed by atoms with van der Waals surface area (Å²) in [5.74, 6) is 0. The summed E-state index contributed by atoms with van der Waals surface area (Å²) in [7, 11) is 0. The quantitative estimate of drug-likeness (QED) is 0.849. The molecule has 1 aromatic rings. The molecule has 1 aliphatic heterocycles. The van der Waals surface area contributed by atoms with Crippen LogP contribution in [0.3, 0.4) is 0 Å². The Morgan fingerprint density at radius 1 is 1.00 bits per heavy atom. The molecule has 3 nitrogen and oxygen atoms in total. The highest BCUT2D eigenvalue weighted by atomic mass is 35.5. The summed E-state index contributed by atoms with van der Waals surface area (Å²) in [5.41, 5.74) is 7.28. The lowest BCUT2D eigenvalue weighted by atomic mass is 10.2. The van der Waals surface area contributed by atoms with E-state index >= 15 is 0 Å². The second-order valence-electron chi connectivity index (χ2n) is 5.09. The van der Waals surface area contributed by atoms with Gasteiger partial charge in [0.15, 0.2) is 0 Å². The van der Waals surface area contributed by atoms with Crippen LogP contribution in [0.2, 0.25) is 10.0 Å². The topological polar surface area (TPSA) is 32.5 Å². The first kappa shape index (κ1) is 12.4. The number of halogens is 2. The number of nitrogen functional groups attached to an aromatic ring is 1. The Kier molecular flexibility index (Phi) is 3.31. The lowest BCUT2D eigenvalue weighted by molar-refractivity contribution is 0.248. The molecule has 98 valence electrons. The molecule has 0 aromatic heterocycles. The first-order valence-corrected chi connectivity index (χ1v) is 7.14. The molecule has 2 N–H and O–H groups in total. The van der Waals surface area contributed by atoms with E-state index in [1.165, 1.54) is 12.8 Å². The first-order valence-electron chi connectivity index (χ1n) is 6.38. The van der Waals surface area contributed by atoms with Crippen molar-refractivity contribution in [2.45, 2.75) is 18.9 Å². The molecule has 1 saturated carbocycles. The SMILES string of the molecule is Nc1cc(Cl)c(N2CCN(C3CC3)CC2)c(Cl)c1. The fourth-order valence-electron chi connectivity index (χ4n) is 2.64. The van der Waals surface area contributed by atoms with Gasteiger partial charge in [-0.05, 0) is 25.0 Å². The summed E-state index contributed by atoms with van der Waals surface area (Å²) < 4.78 is 0. The van der Waals surface area contributed by atoms with Gasteiger partial charge in [0.1, 0.15) is 0 Å². The van der Waals surface area contributed by atoms with Crippen molar-refractivity contribution < 1.29 is 0 Å². The first-order chi connectivity index (χ1) is 8.65. The molecule has 1 saturated heterocycles. The van der Waals surface area contributed by atoms with Gasteiger partial charge in [-0.25, -0.2) is 0 Å². The summed E-state index contributed by atoms with van der Waals surface area (Å²) in [5, 5.41) is 1.31. The molecule has 1 aliphatic carbocycles. The predicted molar refractivity (Wildman–Crippen MR) is 77.7 cm³/mol. The minimum atomic E-state index is 0.616. The Balaban J connectivity index is 1.75. The largest absolute Gasteiger partial charge is 0.399 e. The van der Waals surface area contributed by atoms with E-state index in [1.807, 2.05) is 0 Å². The molecule has 0 radical (unpaired) electrons. The lowest BCUT2D eigenvalue weighted by Gasteiger charge is -2.37. The van der Waals surface area contributed by atoms with Crippen LogP contribution < -0.4 is 10.6 Å². The second kappa shape index (κ2) is 4.80. The minimum Gasteiger partial charge on any atom is -0.399 e. The van der Waals surface area contributed by atoms with Gasteiger partial charge in [0.2, 0.25) is 0 Å². The predicted octanol–water partition coefficient (Wildman–Crippen LogP) is 2.86. The Hall–Kier alpha value is -0.640. The highest BCUT2D eigenvalue weighted by Gasteiger charge is 2.31. The minimum absolute atomic E-state index is 0.616. The maximum atomic E-state index is 6.26. The van der Waals surface area contributed by atoms with E-state index in [2.05, 4.69) is 9.80 Å². The summed E-state index contributed by atoms with van der Waals surface area (Å²) in [6.07, 6.45) is 2.73. The van der Waals surface area contributed by atoms with Crippen LogP contribution in [0.5, 0.6) is 0 Å². The fraction of sp³-hybridized carbons (Fsp3) is 0.538. The fourth-order valence-corrected chi connectivity index (χ4v) is 3.38. The number of piperazine rings is 1. The molecule has 2 fully saturated rings. The number of nitrogens with two attached hydrogens (primary N) is 1. The van der Waals surface area contributed by atoms with Crippen LogP contribution in [0.1, 0.15) is 12.8 Å². The van der Waals surface area contributed by atoms with Crippen molar-refractivity contribution in [3.05, 3.63) is 22.2 Å². The van der Waals surface area contributed by atoms with Gasteiger partial charge in [-0.15, -0.1) is 0 Å². The second-order valence-corrected chi connectivity index (χ2v) is 5.90. The normalized spacial score (nSPS) is 21.3. The van der Waals surface area contributed by atoms with Crippen molar-refractivity contribution in [2.24, 2.45) is 0 Å². The zero-order chi connectivity index (χ0) is 12.7. The molecule has 0 atom stereocenters. The zero-order valence-corrected chi connectivity index (χ0v) is 11.7. The van der Waals surface area contributed by atoms with E-state index < -0.39 is 0 Å². The van der Waals surface area contributed by atoms with Gasteiger partial charge in [0, 0.05) is 37.9 Å². The number of benzene rings is 1. The van der Waals surface area contributed by atoms with Gasteiger partial charge in [0.05, 0.1) is 15.7 Å². The zero-order valence-electron chi connectivity index (χ0n) is 10.2. The van der Waals surface area contributed by atoms with Crippen LogP contribution in [0.15, 0.2) is 12.1 Å². The van der Waals surface area contributed by atoms with Gasteiger partial charge in [-0.1, -0.05) is 23.2 Å². The average Bonchev–Trinajstić information content (AvgIpc) is 3.12. The molecular formula is C13H17Cl2N3. The van der Waals surface area contributed by atoms with Gasteiger partial charge >= 0.3 is 0 Å². The maximum Gasteiger partial charge on any atom is 0.0747 e. The van der Waals surface area contributed by atoms with E-state index in [4.69, 9.17) is 28.9 Å². The number of hydrogen-bond donors (Lipinski definition) is 1. The smallest absolute Gasteiger partial charge is 0.0747 e. The standard InChI is InChI=1S/C13H17Cl2N3/c14-11-7-9(16)8-12(15)13(11)18-5-3-17(4-6-18)10-1-2-10/h7-8,10H,1-6,16H2. The summed E-state index contributed by atoms with van der Waals surface area (Å²) >= 11 is 12.5. The number of hydrogen-bond acceptors (Lipinski definition) is 3. The van der Waals surface area contributed by atoms with Crippen LogP contribution in [0.4, 0.5) is 11.4 Å². The number of nitrogens with zero attached hydrogens (tertiary/aromatic N) is 2. The number of anilines is 2. The van der Waals surface area contributed by atoms with Gasteiger partial charge < -0.3 is 10.6 Å². The van der Waals surface area contributed by atoms with Gasteiger partial charge in [-0.2, -0.15) is 0 Å². The third kappa shape index (κ3) is 2.40. The molecule has 1 heterocycles.